The summed E-state index contributed by atoms with van der Waals surface area (Å²) in [7, 11) is 0. The first-order valence-corrected chi connectivity index (χ1v) is 10.3. The van der Waals surface area contributed by atoms with Gasteiger partial charge in [-0.25, -0.2) is 10.9 Å². The number of likely N-dealkylation sites (tertiary alicyclic amines) is 1. The average molecular weight is 416 g/mol. The molecule has 0 spiro atoms. The monoisotopic (exact) mass is 416 g/mol. The Hall–Kier alpha value is -3.42. The largest absolute Gasteiger partial charge is 0.508 e. The highest BCUT2D eigenvalue weighted by molar-refractivity contribution is 5.86. The van der Waals surface area contributed by atoms with Crippen molar-refractivity contribution in [3.63, 3.8) is 0 Å². The molecule has 1 amide bonds. The molecule has 2 aliphatic heterocycles. The molecule has 3 heterocycles. The van der Waals surface area contributed by atoms with Crippen molar-refractivity contribution < 1.29 is 15.0 Å². The number of aryl methyl sites for hydroxylation is 1. The topological polar surface area (TPSA) is 97.7 Å². The van der Waals surface area contributed by atoms with Crippen LogP contribution >= 0.6 is 0 Å². The lowest BCUT2D eigenvalue weighted by atomic mass is 9.82. The summed E-state index contributed by atoms with van der Waals surface area (Å²) in [5, 5.41) is 20.7. The maximum absolute atomic E-state index is 13.5. The zero-order chi connectivity index (χ0) is 21.5. The number of phenols is 2. The molecule has 4 N–H and O–H groups in total. The van der Waals surface area contributed by atoms with Gasteiger partial charge in [-0.15, -0.1) is 0 Å². The van der Waals surface area contributed by atoms with E-state index in [9.17, 15) is 15.0 Å². The van der Waals surface area contributed by atoms with E-state index in [2.05, 4.69) is 15.8 Å². The molecule has 0 radical (unpaired) electrons. The van der Waals surface area contributed by atoms with Crippen LogP contribution in [0.4, 0.5) is 0 Å². The fourth-order valence-corrected chi connectivity index (χ4v) is 4.86. The Labute approximate surface area is 180 Å². The molecule has 4 atom stereocenters. The van der Waals surface area contributed by atoms with Crippen molar-refractivity contribution in [3.05, 3.63) is 89.2 Å². The van der Waals surface area contributed by atoms with Gasteiger partial charge in [0.05, 0.1) is 12.1 Å². The summed E-state index contributed by atoms with van der Waals surface area (Å²) in [4.78, 5) is 19.5. The van der Waals surface area contributed by atoms with Gasteiger partial charge in [0.25, 0.3) is 0 Å². The molecule has 0 saturated carbocycles. The number of aromatic nitrogens is 1. The molecular formula is C24H24N4O3. The molecule has 5 rings (SSSR count). The Morgan fingerprint density at radius 1 is 1.03 bits per heavy atom. The van der Waals surface area contributed by atoms with Crippen LogP contribution in [0.25, 0.3) is 0 Å². The Morgan fingerprint density at radius 2 is 1.87 bits per heavy atom. The van der Waals surface area contributed by atoms with E-state index in [1.807, 2.05) is 42.2 Å². The predicted octanol–water partition coefficient (Wildman–Crippen LogP) is 2.72. The van der Waals surface area contributed by atoms with Crippen LogP contribution in [0.3, 0.4) is 0 Å². The van der Waals surface area contributed by atoms with Crippen molar-refractivity contribution >= 4 is 5.91 Å². The second kappa shape index (κ2) is 7.68. The molecule has 7 heteroatoms. The number of aromatic hydroxyl groups is 2. The molecular weight excluding hydrogens is 392 g/mol. The van der Waals surface area contributed by atoms with Crippen LogP contribution in [0.2, 0.25) is 0 Å². The number of fused-ring (bicyclic) bond motifs is 1. The van der Waals surface area contributed by atoms with Gasteiger partial charge in [-0.2, -0.15) is 0 Å². The molecule has 0 bridgehead atoms. The van der Waals surface area contributed by atoms with E-state index < -0.39 is 6.04 Å². The van der Waals surface area contributed by atoms with Crippen LogP contribution in [-0.4, -0.2) is 32.0 Å². The van der Waals surface area contributed by atoms with Gasteiger partial charge in [-0.05, 0) is 42.3 Å². The molecule has 2 saturated heterocycles. The minimum Gasteiger partial charge on any atom is -0.508 e. The number of nitrogens with zero attached hydrogens (tertiary/aromatic N) is 2. The number of hydrogen-bond acceptors (Lipinski definition) is 6. The summed E-state index contributed by atoms with van der Waals surface area (Å²) in [6, 6.07) is 15.3. The Kier molecular flexibility index (Phi) is 4.84. The molecule has 7 nitrogen and oxygen atoms in total. The van der Waals surface area contributed by atoms with E-state index in [-0.39, 0.29) is 35.4 Å². The van der Waals surface area contributed by atoms with E-state index in [1.165, 1.54) is 0 Å². The van der Waals surface area contributed by atoms with E-state index in [1.54, 1.807) is 36.7 Å². The summed E-state index contributed by atoms with van der Waals surface area (Å²) < 4.78 is 0. The van der Waals surface area contributed by atoms with Gasteiger partial charge in [-0.3, -0.25) is 9.78 Å². The van der Waals surface area contributed by atoms with Gasteiger partial charge in [0.1, 0.15) is 17.5 Å². The van der Waals surface area contributed by atoms with Crippen molar-refractivity contribution in [2.75, 3.05) is 0 Å². The van der Waals surface area contributed by atoms with Gasteiger partial charge < -0.3 is 15.1 Å². The zero-order valence-electron chi connectivity index (χ0n) is 17.1. The van der Waals surface area contributed by atoms with Gasteiger partial charge in [-0.1, -0.05) is 35.9 Å². The van der Waals surface area contributed by atoms with Gasteiger partial charge >= 0.3 is 0 Å². The molecule has 1 aromatic heterocycles. The minimum absolute atomic E-state index is 0.0238. The molecule has 0 aliphatic carbocycles. The summed E-state index contributed by atoms with van der Waals surface area (Å²) in [6.45, 7) is 2.39. The third kappa shape index (κ3) is 3.41. The third-order valence-electron chi connectivity index (χ3n) is 6.22. The van der Waals surface area contributed by atoms with Gasteiger partial charge in [0, 0.05) is 30.4 Å². The Morgan fingerprint density at radius 3 is 2.65 bits per heavy atom. The predicted molar refractivity (Wildman–Crippen MR) is 115 cm³/mol. The quantitative estimate of drug-likeness (QED) is 0.522. The normalized spacial score (nSPS) is 25.1. The number of carbonyl (C=O) groups is 1. The molecule has 31 heavy (non-hydrogen) atoms. The number of benzene rings is 2. The molecule has 2 aliphatic rings. The average Bonchev–Trinajstić information content (AvgIpc) is 3.30. The third-order valence-corrected chi connectivity index (χ3v) is 6.22. The minimum atomic E-state index is -0.450. The van der Waals surface area contributed by atoms with Gasteiger partial charge in [0.2, 0.25) is 5.91 Å². The van der Waals surface area contributed by atoms with Crippen molar-refractivity contribution in [1.29, 1.82) is 0 Å². The number of hydrogen-bond donors (Lipinski definition) is 4. The standard InChI is InChI=1S/C24H24N4O3/c1-14-7-8-19(30)18(10-14)21-20-22(27-26-21)24(31)28(13-15-4-3-9-25-12-15)23(20)16-5-2-6-17(29)11-16/h2-12,20-23,26-27,29-30H,13H2,1H3. The van der Waals surface area contributed by atoms with Crippen molar-refractivity contribution in [2.45, 2.75) is 31.6 Å². The lowest BCUT2D eigenvalue weighted by Gasteiger charge is -2.31. The van der Waals surface area contributed by atoms with Crippen LogP contribution in [0.5, 0.6) is 11.5 Å². The molecule has 2 aromatic carbocycles. The maximum Gasteiger partial charge on any atom is 0.242 e. The Balaban J connectivity index is 1.60. The van der Waals surface area contributed by atoms with E-state index in [0.29, 0.717) is 6.54 Å². The first-order valence-electron chi connectivity index (χ1n) is 10.3. The molecule has 2 fully saturated rings. The summed E-state index contributed by atoms with van der Waals surface area (Å²) in [6.07, 6.45) is 3.47. The molecule has 4 unspecified atom stereocenters. The second-order valence-corrected chi connectivity index (χ2v) is 8.25. The van der Waals surface area contributed by atoms with Crippen molar-refractivity contribution in [1.82, 2.24) is 20.7 Å². The zero-order valence-corrected chi connectivity index (χ0v) is 17.1. The number of carbonyl (C=O) groups excluding carboxylic acids is 1. The van der Waals surface area contributed by atoms with E-state index in [0.717, 1.165) is 22.3 Å². The summed E-state index contributed by atoms with van der Waals surface area (Å²) in [5.41, 5.74) is 9.97. The summed E-state index contributed by atoms with van der Waals surface area (Å²) >= 11 is 0. The number of nitrogens with one attached hydrogen (secondary N) is 2. The van der Waals surface area contributed by atoms with Crippen LogP contribution in [0.1, 0.15) is 34.3 Å². The van der Waals surface area contributed by atoms with Crippen LogP contribution in [-0.2, 0) is 11.3 Å². The highest BCUT2D eigenvalue weighted by Crippen LogP contribution is 2.49. The number of hydrazine groups is 1. The van der Waals surface area contributed by atoms with Crippen molar-refractivity contribution in [2.24, 2.45) is 5.92 Å². The number of amides is 1. The lowest BCUT2D eigenvalue weighted by Crippen LogP contribution is -2.41. The molecule has 158 valence electrons. The Bertz CT molecular complexity index is 1120. The second-order valence-electron chi connectivity index (χ2n) is 8.25. The first kappa shape index (κ1) is 19.5. The SMILES string of the molecule is Cc1ccc(O)c(C2NNC3C(=O)N(Cc4cccnc4)C(c4cccc(O)c4)C32)c1. The highest BCUT2D eigenvalue weighted by atomic mass is 16.3. The van der Waals surface area contributed by atoms with E-state index >= 15 is 0 Å². The fourth-order valence-electron chi connectivity index (χ4n) is 4.86. The van der Waals surface area contributed by atoms with Crippen molar-refractivity contribution in [3.8, 4) is 11.5 Å². The number of pyridine rings is 1. The molecule has 3 aromatic rings. The van der Waals surface area contributed by atoms with Crippen LogP contribution < -0.4 is 10.9 Å². The van der Waals surface area contributed by atoms with E-state index in [4.69, 9.17) is 0 Å². The highest BCUT2D eigenvalue weighted by Gasteiger charge is 2.55. The smallest absolute Gasteiger partial charge is 0.242 e. The number of phenolic OH excluding ortho intramolecular Hbond substituents is 2. The van der Waals surface area contributed by atoms with Crippen LogP contribution in [0.15, 0.2) is 67.0 Å². The maximum atomic E-state index is 13.5. The fraction of sp³-hybridized carbons (Fsp3) is 0.250. The number of rotatable bonds is 4. The van der Waals surface area contributed by atoms with Gasteiger partial charge in [0.15, 0.2) is 0 Å². The summed E-state index contributed by atoms with van der Waals surface area (Å²) in [5.74, 6) is 0.143. The lowest BCUT2D eigenvalue weighted by molar-refractivity contribution is -0.131. The first-order chi connectivity index (χ1) is 15.0. The van der Waals surface area contributed by atoms with Crippen LogP contribution in [0, 0.1) is 12.8 Å².